The van der Waals surface area contributed by atoms with Crippen molar-refractivity contribution in [2.75, 3.05) is 18.1 Å². The lowest BCUT2D eigenvalue weighted by atomic mass is 9.70. The summed E-state index contributed by atoms with van der Waals surface area (Å²) in [5.41, 5.74) is -1.27. The molecule has 13 heteroatoms. The molecule has 0 spiro atoms. The standard InChI is InChI=1S/C30H39N5O7S/c1-28(2)19-8-9-29(28,3)24(17-19)42-26(37)23-5-4-12-35(23)27(38)30(10-13-43-14-11-30)31-25(36)22(34-41)16-18-6-7-20(32-39)21(15-18)33-40/h6-7,15,19,22-24H,4-5,8-14,16-17H2,1-3H3,(H,31,36). The third-order valence-corrected chi connectivity index (χ3v) is 12.0. The summed E-state index contributed by atoms with van der Waals surface area (Å²) in [6.45, 7) is 7.11. The SMILES string of the molecule is CC1(C)C2CCC1(C)C(OC(=O)C1CCCN1C(=O)C1(NC(=O)C(Cc3ccc(N=O)c(N=O)c3)N=O)CCSCC1)C2. The second-order valence-corrected chi connectivity index (χ2v) is 14.4. The summed E-state index contributed by atoms with van der Waals surface area (Å²) < 4.78 is 6.17. The molecule has 5 atom stereocenters. The minimum atomic E-state index is -1.39. The van der Waals surface area contributed by atoms with Crippen molar-refractivity contribution < 1.29 is 19.1 Å². The summed E-state index contributed by atoms with van der Waals surface area (Å²) >= 11 is 1.67. The molecule has 2 aliphatic heterocycles. The Labute approximate surface area is 254 Å². The smallest absolute Gasteiger partial charge is 0.329 e. The fourth-order valence-corrected chi connectivity index (χ4v) is 8.93. The number of carbonyl (C=O) groups excluding carboxylic acids is 3. The second-order valence-electron chi connectivity index (χ2n) is 13.2. The molecule has 5 unspecified atom stereocenters. The molecule has 0 radical (unpaired) electrons. The van der Waals surface area contributed by atoms with E-state index >= 15 is 0 Å². The van der Waals surface area contributed by atoms with Gasteiger partial charge in [-0.1, -0.05) is 32.0 Å². The van der Waals surface area contributed by atoms with E-state index in [1.54, 1.807) is 16.7 Å². The van der Waals surface area contributed by atoms with E-state index in [4.69, 9.17) is 4.74 Å². The molecular weight excluding hydrogens is 574 g/mol. The van der Waals surface area contributed by atoms with E-state index in [-0.39, 0.29) is 46.6 Å². The zero-order valence-corrected chi connectivity index (χ0v) is 25.7. The van der Waals surface area contributed by atoms with E-state index in [2.05, 4.69) is 41.6 Å². The second kappa shape index (κ2) is 12.0. The van der Waals surface area contributed by atoms with Gasteiger partial charge >= 0.3 is 5.97 Å². The quantitative estimate of drug-likeness (QED) is 0.275. The minimum absolute atomic E-state index is 0.0825. The highest BCUT2D eigenvalue weighted by atomic mass is 32.2. The van der Waals surface area contributed by atoms with E-state index < -0.39 is 23.5 Å². The molecule has 5 rings (SSSR count). The number of likely N-dealkylation sites (tertiary alicyclic amines) is 1. The third kappa shape index (κ3) is 5.49. The van der Waals surface area contributed by atoms with Crippen LogP contribution in [-0.2, 0) is 25.5 Å². The monoisotopic (exact) mass is 613 g/mol. The van der Waals surface area contributed by atoms with Crippen LogP contribution in [0.5, 0.6) is 0 Å². The molecule has 1 N–H and O–H groups in total. The van der Waals surface area contributed by atoms with E-state index in [1.165, 1.54) is 18.2 Å². The molecule has 0 aromatic heterocycles. The van der Waals surface area contributed by atoms with Crippen LogP contribution < -0.4 is 5.32 Å². The molecule has 2 aliphatic carbocycles. The van der Waals surface area contributed by atoms with Crippen molar-refractivity contribution >= 4 is 40.9 Å². The van der Waals surface area contributed by atoms with Crippen molar-refractivity contribution in [2.45, 2.75) is 95.9 Å². The average Bonchev–Trinajstić information content (AvgIpc) is 3.63. The van der Waals surface area contributed by atoms with Gasteiger partial charge in [0.15, 0.2) is 6.04 Å². The zero-order chi connectivity index (χ0) is 31.0. The Kier molecular flexibility index (Phi) is 8.75. The minimum Gasteiger partial charge on any atom is -0.460 e. The number of carbonyl (C=O) groups is 3. The molecule has 2 saturated carbocycles. The highest BCUT2D eigenvalue weighted by molar-refractivity contribution is 7.99. The van der Waals surface area contributed by atoms with Crippen molar-refractivity contribution in [3.05, 3.63) is 38.5 Å². The number of thioether (sulfide) groups is 1. The lowest BCUT2D eigenvalue weighted by molar-refractivity contribution is -0.166. The van der Waals surface area contributed by atoms with Crippen molar-refractivity contribution in [1.82, 2.24) is 10.2 Å². The molecule has 12 nitrogen and oxygen atoms in total. The van der Waals surface area contributed by atoms with E-state index in [0.29, 0.717) is 55.2 Å². The number of amides is 2. The fourth-order valence-electron chi connectivity index (χ4n) is 7.74. The average molecular weight is 614 g/mol. The highest BCUT2D eigenvalue weighted by Gasteiger charge is 2.63. The van der Waals surface area contributed by atoms with Gasteiger partial charge in [0.2, 0.25) is 11.8 Å². The normalized spacial score (nSPS) is 29.5. The lowest BCUT2D eigenvalue weighted by Crippen LogP contribution is -2.64. The molecule has 2 bridgehead atoms. The number of benzene rings is 1. The summed E-state index contributed by atoms with van der Waals surface area (Å²) in [5, 5.41) is 11.4. The van der Waals surface area contributed by atoms with Gasteiger partial charge in [-0.05, 0) is 95.8 Å². The maximum absolute atomic E-state index is 14.2. The van der Waals surface area contributed by atoms with Crippen LogP contribution in [0.4, 0.5) is 11.4 Å². The number of nitrogens with one attached hydrogen (secondary N) is 1. The van der Waals surface area contributed by atoms with Gasteiger partial charge in [-0.15, -0.1) is 14.7 Å². The van der Waals surface area contributed by atoms with Crippen molar-refractivity contribution in [1.29, 1.82) is 0 Å². The van der Waals surface area contributed by atoms with Crippen LogP contribution in [0.15, 0.2) is 33.7 Å². The molecule has 2 heterocycles. The summed E-state index contributed by atoms with van der Waals surface area (Å²) in [4.78, 5) is 76.6. The van der Waals surface area contributed by atoms with Crippen LogP contribution in [0.1, 0.15) is 71.3 Å². The van der Waals surface area contributed by atoms with E-state index in [9.17, 15) is 29.1 Å². The number of rotatable bonds is 10. The fraction of sp³-hybridized carbons (Fsp3) is 0.700. The first-order valence-corrected chi connectivity index (χ1v) is 16.2. The Hall–Kier alpha value is -3.22. The van der Waals surface area contributed by atoms with Gasteiger partial charge in [0.05, 0.1) is 0 Å². The Balaban J connectivity index is 1.30. The molecule has 1 aromatic rings. The van der Waals surface area contributed by atoms with Crippen LogP contribution in [0.25, 0.3) is 0 Å². The zero-order valence-electron chi connectivity index (χ0n) is 24.9. The molecule has 4 aliphatic rings. The van der Waals surface area contributed by atoms with Gasteiger partial charge in [-0.3, -0.25) is 9.59 Å². The first kappa shape index (κ1) is 31.2. The topological polar surface area (TPSA) is 164 Å². The number of nitroso groups, excluding NO2 is 3. The summed E-state index contributed by atoms with van der Waals surface area (Å²) in [6.07, 6.45) is 4.49. The molecule has 232 valence electrons. The van der Waals surface area contributed by atoms with Gasteiger partial charge in [0.1, 0.15) is 29.1 Å². The Morgan fingerprint density at radius 1 is 1.05 bits per heavy atom. The van der Waals surface area contributed by atoms with Crippen LogP contribution >= 0.6 is 11.8 Å². The van der Waals surface area contributed by atoms with Gasteiger partial charge in [0, 0.05) is 18.4 Å². The first-order valence-electron chi connectivity index (χ1n) is 15.0. The third-order valence-electron chi connectivity index (χ3n) is 11.0. The number of hydrogen-bond acceptors (Lipinski definition) is 11. The van der Waals surface area contributed by atoms with E-state index in [1.807, 2.05) is 0 Å². The number of esters is 1. The van der Waals surface area contributed by atoms with Gasteiger partial charge < -0.3 is 15.0 Å². The largest absolute Gasteiger partial charge is 0.460 e. The Morgan fingerprint density at radius 2 is 1.77 bits per heavy atom. The lowest BCUT2D eigenvalue weighted by Gasteiger charge is -2.41. The first-order chi connectivity index (χ1) is 20.5. The molecular formula is C30H39N5O7S. The van der Waals surface area contributed by atoms with Gasteiger partial charge in [-0.2, -0.15) is 11.8 Å². The predicted molar refractivity (Wildman–Crippen MR) is 162 cm³/mol. The Morgan fingerprint density at radius 3 is 2.37 bits per heavy atom. The molecule has 4 fully saturated rings. The number of ether oxygens (including phenoxy) is 1. The van der Waals surface area contributed by atoms with Crippen molar-refractivity contribution in [3.8, 4) is 0 Å². The van der Waals surface area contributed by atoms with Crippen molar-refractivity contribution in [3.63, 3.8) is 0 Å². The van der Waals surface area contributed by atoms with Crippen LogP contribution in [-0.4, -0.2) is 64.5 Å². The Bertz CT molecular complexity index is 1320. The maximum Gasteiger partial charge on any atom is 0.329 e. The predicted octanol–water partition coefficient (Wildman–Crippen LogP) is 5.29. The molecule has 43 heavy (non-hydrogen) atoms. The van der Waals surface area contributed by atoms with Gasteiger partial charge in [-0.25, -0.2) is 4.79 Å². The molecule has 1 aromatic carbocycles. The summed E-state index contributed by atoms with van der Waals surface area (Å²) in [6, 6.07) is 1.92. The van der Waals surface area contributed by atoms with Crippen molar-refractivity contribution in [2.24, 2.45) is 32.3 Å². The maximum atomic E-state index is 14.2. The molecule has 2 amide bonds. The molecule has 2 saturated heterocycles. The van der Waals surface area contributed by atoms with Gasteiger partial charge in [0.25, 0.3) is 0 Å². The number of hydrogen-bond donors (Lipinski definition) is 1. The number of nitrogens with zero attached hydrogens (tertiary/aromatic N) is 4. The summed E-state index contributed by atoms with van der Waals surface area (Å²) in [7, 11) is 0. The number of fused-ring (bicyclic) bond motifs is 2. The summed E-state index contributed by atoms with van der Waals surface area (Å²) in [5.74, 6) is 0.323. The van der Waals surface area contributed by atoms with Crippen LogP contribution in [0.3, 0.4) is 0 Å². The highest BCUT2D eigenvalue weighted by Crippen LogP contribution is 2.66. The van der Waals surface area contributed by atoms with E-state index in [0.717, 1.165) is 19.3 Å². The van der Waals surface area contributed by atoms with Crippen LogP contribution in [0.2, 0.25) is 0 Å². The van der Waals surface area contributed by atoms with Crippen LogP contribution in [0, 0.1) is 31.5 Å².